The van der Waals surface area contributed by atoms with Gasteiger partial charge in [-0.25, -0.2) is 0 Å². The molecule has 0 spiro atoms. The van der Waals surface area contributed by atoms with Crippen molar-refractivity contribution in [1.82, 2.24) is 0 Å². The van der Waals surface area contributed by atoms with Crippen LogP contribution in [0.15, 0.2) is 24.3 Å². The zero-order valence-corrected chi connectivity index (χ0v) is 9.87. The Labute approximate surface area is 93.0 Å². The van der Waals surface area contributed by atoms with E-state index in [1.165, 1.54) is 32.6 Å². The number of hydrogen-bond donors (Lipinski definition) is 0. The molecule has 2 heteroatoms. The highest BCUT2D eigenvalue weighted by Gasteiger charge is 1.85. The molecule has 0 saturated heterocycles. The minimum atomic E-state index is -0.227. The Hall–Kier alpha value is -1.05. The van der Waals surface area contributed by atoms with Crippen LogP contribution in [0.4, 0.5) is 0 Å². The summed E-state index contributed by atoms with van der Waals surface area (Å²) in [4.78, 5) is 10.4. The topological polar surface area (TPSA) is 26.3 Å². The molecule has 0 aromatic heterocycles. The van der Waals surface area contributed by atoms with Crippen LogP contribution in [0.2, 0.25) is 0 Å². The van der Waals surface area contributed by atoms with E-state index in [9.17, 15) is 4.79 Å². The van der Waals surface area contributed by atoms with Crippen molar-refractivity contribution in [3.63, 3.8) is 0 Å². The molecule has 0 fully saturated rings. The molecule has 0 heterocycles. The van der Waals surface area contributed by atoms with E-state index in [0.717, 1.165) is 6.42 Å². The van der Waals surface area contributed by atoms with Crippen molar-refractivity contribution in [3.8, 4) is 0 Å². The number of esters is 1. The highest BCUT2D eigenvalue weighted by Crippen LogP contribution is 2.00. The van der Waals surface area contributed by atoms with Gasteiger partial charge in [0, 0.05) is 6.92 Å². The minimum absolute atomic E-state index is 0.227. The highest BCUT2D eigenvalue weighted by molar-refractivity contribution is 5.65. The van der Waals surface area contributed by atoms with Crippen LogP contribution in [0.25, 0.3) is 0 Å². The van der Waals surface area contributed by atoms with Gasteiger partial charge in [-0.3, -0.25) is 4.79 Å². The van der Waals surface area contributed by atoms with Crippen LogP contribution >= 0.6 is 0 Å². The van der Waals surface area contributed by atoms with Gasteiger partial charge in [0.15, 0.2) is 0 Å². The molecule has 0 aliphatic rings. The smallest absolute Gasteiger partial charge is 0.302 e. The van der Waals surface area contributed by atoms with E-state index in [2.05, 4.69) is 19.1 Å². The van der Waals surface area contributed by atoms with Crippen LogP contribution in [-0.4, -0.2) is 12.6 Å². The number of allylic oxidation sites excluding steroid dienone is 3. The number of carbonyl (C=O) groups excluding carboxylic acids is 1. The summed E-state index contributed by atoms with van der Waals surface area (Å²) in [7, 11) is 0. The van der Waals surface area contributed by atoms with Gasteiger partial charge in [0.2, 0.25) is 0 Å². The van der Waals surface area contributed by atoms with Gasteiger partial charge < -0.3 is 4.74 Å². The summed E-state index contributed by atoms with van der Waals surface area (Å²) in [6.45, 7) is 4.02. The summed E-state index contributed by atoms with van der Waals surface area (Å²) < 4.78 is 4.75. The molecule has 0 amide bonds. The van der Waals surface area contributed by atoms with E-state index >= 15 is 0 Å². The third-order valence-electron chi connectivity index (χ3n) is 1.96. The highest BCUT2D eigenvalue weighted by atomic mass is 16.5. The van der Waals surface area contributed by atoms with Crippen molar-refractivity contribution in [2.45, 2.75) is 46.0 Å². The Balaban J connectivity index is 3.24. The van der Waals surface area contributed by atoms with Crippen LogP contribution in [0, 0.1) is 0 Å². The standard InChI is InChI=1S/C13H22O2/c1-3-4-5-6-7-8-9-10-11-12-15-13(2)14/h7-8,10-11H,3-6,9,12H2,1-2H3/b8-7+,11-10+. The molecule has 0 atom stereocenters. The molecule has 0 bridgehead atoms. The molecule has 0 unspecified atom stereocenters. The van der Waals surface area contributed by atoms with Crippen LogP contribution in [-0.2, 0) is 9.53 Å². The first-order valence-corrected chi connectivity index (χ1v) is 5.70. The second-order valence-electron chi connectivity index (χ2n) is 3.48. The number of carbonyl (C=O) groups is 1. The first-order chi connectivity index (χ1) is 7.27. The van der Waals surface area contributed by atoms with Gasteiger partial charge in [-0.15, -0.1) is 0 Å². The van der Waals surface area contributed by atoms with Crippen LogP contribution in [0.3, 0.4) is 0 Å². The Morgan fingerprint density at radius 2 is 1.87 bits per heavy atom. The maximum absolute atomic E-state index is 10.4. The van der Waals surface area contributed by atoms with Gasteiger partial charge in [0.05, 0.1) is 0 Å². The van der Waals surface area contributed by atoms with Crippen LogP contribution in [0.5, 0.6) is 0 Å². The first kappa shape index (κ1) is 13.9. The van der Waals surface area contributed by atoms with Crippen molar-refractivity contribution in [2.75, 3.05) is 6.61 Å². The molecule has 0 radical (unpaired) electrons. The Morgan fingerprint density at radius 1 is 1.13 bits per heavy atom. The Morgan fingerprint density at radius 3 is 2.53 bits per heavy atom. The van der Waals surface area contributed by atoms with Crippen molar-refractivity contribution in [2.24, 2.45) is 0 Å². The lowest BCUT2D eigenvalue weighted by atomic mass is 10.2. The third kappa shape index (κ3) is 12.9. The second kappa shape index (κ2) is 11.0. The summed E-state index contributed by atoms with van der Waals surface area (Å²) in [5.74, 6) is -0.227. The minimum Gasteiger partial charge on any atom is -0.462 e. The van der Waals surface area contributed by atoms with Crippen LogP contribution < -0.4 is 0 Å². The Bertz CT molecular complexity index is 205. The van der Waals surface area contributed by atoms with Crippen molar-refractivity contribution in [1.29, 1.82) is 0 Å². The fourth-order valence-electron chi connectivity index (χ4n) is 1.13. The average Bonchev–Trinajstić information content (AvgIpc) is 2.20. The number of ether oxygens (including phenoxy) is 1. The van der Waals surface area contributed by atoms with Gasteiger partial charge in [0.25, 0.3) is 0 Å². The van der Waals surface area contributed by atoms with Crippen LogP contribution in [0.1, 0.15) is 46.0 Å². The number of hydrogen-bond acceptors (Lipinski definition) is 2. The van der Waals surface area contributed by atoms with Gasteiger partial charge in [-0.1, -0.05) is 44.1 Å². The zero-order valence-electron chi connectivity index (χ0n) is 9.87. The normalized spacial score (nSPS) is 11.3. The molecule has 0 aromatic carbocycles. The predicted octanol–water partition coefficient (Wildman–Crippen LogP) is 3.63. The second-order valence-corrected chi connectivity index (χ2v) is 3.48. The molecule has 0 aromatic rings. The third-order valence-corrected chi connectivity index (χ3v) is 1.96. The molecular weight excluding hydrogens is 188 g/mol. The fraction of sp³-hybridized carbons (Fsp3) is 0.615. The molecule has 0 N–H and O–H groups in total. The van der Waals surface area contributed by atoms with Crippen molar-refractivity contribution < 1.29 is 9.53 Å². The van der Waals surface area contributed by atoms with E-state index in [1.807, 2.05) is 12.2 Å². The van der Waals surface area contributed by atoms with Gasteiger partial charge in [-0.2, -0.15) is 0 Å². The quantitative estimate of drug-likeness (QED) is 0.347. The summed E-state index contributed by atoms with van der Waals surface area (Å²) >= 11 is 0. The van der Waals surface area contributed by atoms with E-state index in [-0.39, 0.29) is 5.97 Å². The molecule has 15 heavy (non-hydrogen) atoms. The lowest BCUT2D eigenvalue weighted by Crippen LogP contribution is -1.97. The summed E-state index contributed by atoms with van der Waals surface area (Å²) in [5.41, 5.74) is 0. The van der Waals surface area contributed by atoms with Crippen molar-refractivity contribution >= 4 is 5.97 Å². The maximum Gasteiger partial charge on any atom is 0.302 e. The summed E-state index contributed by atoms with van der Waals surface area (Å²) in [6.07, 6.45) is 14.2. The lowest BCUT2D eigenvalue weighted by molar-refractivity contribution is -0.139. The molecule has 2 nitrogen and oxygen atoms in total. The van der Waals surface area contributed by atoms with Crippen molar-refractivity contribution in [3.05, 3.63) is 24.3 Å². The monoisotopic (exact) mass is 210 g/mol. The van der Waals surface area contributed by atoms with E-state index < -0.39 is 0 Å². The van der Waals surface area contributed by atoms with E-state index in [0.29, 0.717) is 6.61 Å². The first-order valence-electron chi connectivity index (χ1n) is 5.70. The summed E-state index contributed by atoms with van der Waals surface area (Å²) in [6, 6.07) is 0. The van der Waals surface area contributed by atoms with E-state index in [1.54, 1.807) is 0 Å². The Kier molecular flexibility index (Phi) is 10.3. The molecule has 86 valence electrons. The van der Waals surface area contributed by atoms with E-state index in [4.69, 9.17) is 4.74 Å². The average molecular weight is 210 g/mol. The predicted molar refractivity (Wildman–Crippen MR) is 63.7 cm³/mol. The molecular formula is C13H22O2. The fourth-order valence-corrected chi connectivity index (χ4v) is 1.13. The SMILES string of the molecule is CCCCC/C=C/C/C=C/COC(C)=O. The van der Waals surface area contributed by atoms with Gasteiger partial charge in [-0.05, 0) is 19.3 Å². The molecule has 0 aliphatic heterocycles. The lowest BCUT2D eigenvalue weighted by Gasteiger charge is -1.93. The van der Waals surface area contributed by atoms with Gasteiger partial charge >= 0.3 is 5.97 Å². The molecule has 0 saturated carbocycles. The number of rotatable bonds is 8. The number of unbranched alkanes of at least 4 members (excludes halogenated alkanes) is 3. The molecule has 0 rings (SSSR count). The maximum atomic E-state index is 10.4. The van der Waals surface area contributed by atoms with Gasteiger partial charge in [0.1, 0.15) is 6.61 Å². The molecule has 0 aliphatic carbocycles. The summed E-state index contributed by atoms with van der Waals surface area (Å²) in [5, 5.41) is 0. The largest absolute Gasteiger partial charge is 0.462 e. The zero-order chi connectivity index (χ0) is 11.4.